The summed E-state index contributed by atoms with van der Waals surface area (Å²) in [5, 5.41) is 0. The summed E-state index contributed by atoms with van der Waals surface area (Å²) < 4.78 is 13.9. The van der Waals surface area contributed by atoms with Crippen LogP contribution < -0.4 is 0 Å². The molecule has 0 saturated heterocycles. The molecular weight excluding hydrogens is 297 g/mol. The Kier molecular flexibility index (Phi) is 2.63. The van der Waals surface area contributed by atoms with Gasteiger partial charge in [0.1, 0.15) is 11.6 Å². The Morgan fingerprint density at radius 1 is 1.33 bits per heavy atom. The van der Waals surface area contributed by atoms with Crippen LogP contribution in [0.4, 0.5) is 4.39 Å². The van der Waals surface area contributed by atoms with E-state index in [1.807, 2.05) is 13.0 Å². The quantitative estimate of drug-likeness (QED) is 0.742. The molecule has 1 aromatic carbocycles. The van der Waals surface area contributed by atoms with Gasteiger partial charge in [-0.1, -0.05) is 6.07 Å². The number of H-pyrrole nitrogens is 1. The Morgan fingerprint density at radius 2 is 2.17 bits per heavy atom. The number of hydrogen-bond donors (Lipinski definition) is 1. The number of hydrogen-bond acceptors (Lipinski definition) is 2. The highest BCUT2D eigenvalue weighted by molar-refractivity contribution is 9.10. The first kappa shape index (κ1) is 11.3. The normalized spacial score (nSPS) is 11.1. The predicted octanol–water partition coefficient (Wildman–Crippen LogP) is 3.83. The Hall–Kier alpha value is -1.75. The average Bonchev–Trinajstić information content (AvgIpc) is 2.75. The molecule has 0 fully saturated rings. The van der Waals surface area contributed by atoms with E-state index in [4.69, 9.17) is 0 Å². The van der Waals surface area contributed by atoms with Crippen molar-refractivity contribution in [1.82, 2.24) is 15.0 Å². The molecule has 0 spiro atoms. The van der Waals surface area contributed by atoms with Crippen LogP contribution in [0.25, 0.3) is 22.6 Å². The van der Waals surface area contributed by atoms with Crippen molar-refractivity contribution in [2.24, 2.45) is 0 Å². The number of halogens is 2. The molecule has 0 atom stereocenters. The molecule has 18 heavy (non-hydrogen) atoms. The van der Waals surface area contributed by atoms with Crippen LogP contribution in [0, 0.1) is 12.7 Å². The van der Waals surface area contributed by atoms with E-state index in [1.54, 1.807) is 18.3 Å². The van der Waals surface area contributed by atoms with E-state index >= 15 is 0 Å². The first-order chi connectivity index (χ1) is 8.65. The Morgan fingerprint density at radius 3 is 3.00 bits per heavy atom. The van der Waals surface area contributed by atoms with Gasteiger partial charge in [-0.3, -0.25) is 0 Å². The summed E-state index contributed by atoms with van der Waals surface area (Å²) in [6, 6.07) is 6.82. The van der Waals surface area contributed by atoms with Crippen molar-refractivity contribution >= 4 is 27.1 Å². The van der Waals surface area contributed by atoms with E-state index in [0.29, 0.717) is 21.5 Å². The Bertz CT molecular complexity index is 736. The largest absolute Gasteiger partial charge is 0.337 e. The van der Waals surface area contributed by atoms with Gasteiger partial charge in [-0.05, 0) is 46.6 Å². The van der Waals surface area contributed by atoms with Crippen molar-refractivity contribution in [1.29, 1.82) is 0 Å². The van der Waals surface area contributed by atoms with Gasteiger partial charge in [0, 0.05) is 11.8 Å². The number of aryl methyl sites for hydroxylation is 1. The molecule has 2 aromatic heterocycles. The van der Waals surface area contributed by atoms with Crippen molar-refractivity contribution in [3.05, 3.63) is 46.3 Å². The summed E-state index contributed by atoms with van der Waals surface area (Å²) in [5.74, 6) is 0.298. The third-order valence-corrected chi connectivity index (χ3v) is 3.49. The van der Waals surface area contributed by atoms with Gasteiger partial charge in [-0.2, -0.15) is 0 Å². The Balaban J connectivity index is 2.22. The molecule has 3 aromatic rings. The van der Waals surface area contributed by atoms with E-state index in [-0.39, 0.29) is 5.82 Å². The lowest BCUT2D eigenvalue weighted by Crippen LogP contribution is -1.85. The zero-order valence-electron chi connectivity index (χ0n) is 9.54. The molecule has 3 nitrogen and oxygen atoms in total. The second-order valence-electron chi connectivity index (χ2n) is 4.07. The molecule has 3 rings (SSSR count). The molecular formula is C13H9BrFN3. The lowest BCUT2D eigenvalue weighted by molar-refractivity contribution is 0.621. The van der Waals surface area contributed by atoms with Crippen molar-refractivity contribution in [3.63, 3.8) is 0 Å². The number of imidazole rings is 1. The monoisotopic (exact) mass is 305 g/mol. The number of aromatic amines is 1. The summed E-state index contributed by atoms with van der Waals surface area (Å²) in [6.45, 7) is 1.96. The van der Waals surface area contributed by atoms with Gasteiger partial charge in [0.05, 0.1) is 9.99 Å². The van der Waals surface area contributed by atoms with Crippen LogP contribution in [0.15, 0.2) is 34.9 Å². The standard InChI is InChI=1S/C13H9BrFN3/c1-7-5-10-13(16-6-7)18-12(17-10)8-3-2-4-9(15)11(8)14/h2-6H,1H3,(H,16,17,18). The number of aromatic nitrogens is 3. The number of rotatable bonds is 1. The minimum atomic E-state index is -0.308. The maximum Gasteiger partial charge on any atom is 0.178 e. The topological polar surface area (TPSA) is 41.6 Å². The summed E-state index contributed by atoms with van der Waals surface area (Å²) in [4.78, 5) is 11.7. The van der Waals surface area contributed by atoms with Gasteiger partial charge in [0.25, 0.3) is 0 Å². The zero-order valence-corrected chi connectivity index (χ0v) is 11.1. The van der Waals surface area contributed by atoms with Crippen molar-refractivity contribution in [3.8, 4) is 11.4 Å². The molecule has 0 aliphatic carbocycles. The molecule has 1 N–H and O–H groups in total. The fourth-order valence-corrected chi connectivity index (χ4v) is 2.27. The highest BCUT2D eigenvalue weighted by Crippen LogP contribution is 2.29. The molecule has 0 bridgehead atoms. The molecule has 5 heteroatoms. The lowest BCUT2D eigenvalue weighted by atomic mass is 10.2. The van der Waals surface area contributed by atoms with E-state index in [9.17, 15) is 4.39 Å². The maximum absolute atomic E-state index is 13.5. The smallest absolute Gasteiger partial charge is 0.178 e. The van der Waals surface area contributed by atoms with Gasteiger partial charge in [0.15, 0.2) is 5.65 Å². The number of nitrogens with zero attached hydrogens (tertiary/aromatic N) is 2. The van der Waals surface area contributed by atoms with Crippen molar-refractivity contribution < 1.29 is 4.39 Å². The van der Waals surface area contributed by atoms with Gasteiger partial charge in [-0.15, -0.1) is 0 Å². The second-order valence-corrected chi connectivity index (χ2v) is 4.86. The minimum Gasteiger partial charge on any atom is -0.337 e. The van der Waals surface area contributed by atoms with Crippen molar-refractivity contribution in [2.75, 3.05) is 0 Å². The van der Waals surface area contributed by atoms with E-state index in [0.717, 1.165) is 11.1 Å². The molecule has 0 saturated carbocycles. The molecule has 2 heterocycles. The molecule has 0 aliphatic heterocycles. The summed E-state index contributed by atoms with van der Waals surface area (Å²) in [5.41, 5.74) is 3.22. The summed E-state index contributed by atoms with van der Waals surface area (Å²) in [6.07, 6.45) is 1.76. The van der Waals surface area contributed by atoms with Crippen LogP contribution in [-0.2, 0) is 0 Å². The van der Waals surface area contributed by atoms with Crippen LogP contribution in [0.2, 0.25) is 0 Å². The number of pyridine rings is 1. The van der Waals surface area contributed by atoms with E-state index in [2.05, 4.69) is 30.9 Å². The molecule has 0 amide bonds. The second kappa shape index (κ2) is 4.17. The van der Waals surface area contributed by atoms with E-state index < -0.39 is 0 Å². The fraction of sp³-hybridized carbons (Fsp3) is 0.0769. The van der Waals surface area contributed by atoms with Crippen LogP contribution >= 0.6 is 15.9 Å². The first-order valence-electron chi connectivity index (χ1n) is 5.42. The SMILES string of the molecule is Cc1cnc2nc(-c3cccc(F)c3Br)[nH]c2c1. The number of nitrogens with one attached hydrogen (secondary N) is 1. The summed E-state index contributed by atoms with van der Waals surface area (Å²) >= 11 is 3.23. The van der Waals surface area contributed by atoms with Gasteiger partial charge in [-0.25, -0.2) is 14.4 Å². The van der Waals surface area contributed by atoms with Gasteiger partial charge >= 0.3 is 0 Å². The van der Waals surface area contributed by atoms with E-state index in [1.165, 1.54) is 6.07 Å². The van der Waals surface area contributed by atoms with Crippen LogP contribution in [0.1, 0.15) is 5.56 Å². The predicted molar refractivity (Wildman–Crippen MR) is 71.7 cm³/mol. The average molecular weight is 306 g/mol. The highest BCUT2D eigenvalue weighted by atomic mass is 79.9. The summed E-state index contributed by atoms with van der Waals surface area (Å²) in [7, 11) is 0. The third-order valence-electron chi connectivity index (χ3n) is 2.68. The maximum atomic E-state index is 13.5. The fourth-order valence-electron chi connectivity index (χ4n) is 1.82. The van der Waals surface area contributed by atoms with Crippen LogP contribution in [0.5, 0.6) is 0 Å². The highest BCUT2D eigenvalue weighted by Gasteiger charge is 2.11. The minimum absolute atomic E-state index is 0.308. The van der Waals surface area contributed by atoms with Gasteiger partial charge < -0.3 is 4.98 Å². The molecule has 0 unspecified atom stereocenters. The Labute approximate surface area is 111 Å². The first-order valence-corrected chi connectivity index (χ1v) is 6.21. The van der Waals surface area contributed by atoms with Crippen LogP contribution in [0.3, 0.4) is 0 Å². The van der Waals surface area contributed by atoms with Crippen molar-refractivity contribution in [2.45, 2.75) is 6.92 Å². The molecule has 90 valence electrons. The molecule has 0 radical (unpaired) electrons. The zero-order chi connectivity index (χ0) is 12.7. The number of benzene rings is 1. The number of fused-ring (bicyclic) bond motifs is 1. The third kappa shape index (κ3) is 1.80. The van der Waals surface area contributed by atoms with Crippen LogP contribution in [-0.4, -0.2) is 15.0 Å². The molecule has 0 aliphatic rings. The lowest BCUT2D eigenvalue weighted by Gasteiger charge is -2.00. The van der Waals surface area contributed by atoms with Gasteiger partial charge in [0.2, 0.25) is 0 Å².